The number of rotatable bonds is 2. The van der Waals surface area contributed by atoms with Crippen molar-refractivity contribution in [2.75, 3.05) is 18.7 Å². The average Bonchev–Trinajstić information content (AvgIpc) is 2.95. The molecule has 0 N–H and O–H groups in total. The third-order valence-electron chi connectivity index (χ3n) is 3.50. The smallest absolute Gasteiger partial charge is 0.258 e. The normalized spacial score (nSPS) is 12.4. The second kappa shape index (κ2) is 5.82. The molecular formula is C16H13BrClNO3. The van der Waals surface area contributed by atoms with Gasteiger partial charge in [-0.2, -0.15) is 0 Å². The minimum absolute atomic E-state index is 0.119. The van der Waals surface area contributed by atoms with E-state index in [9.17, 15) is 4.79 Å². The third-order valence-corrected chi connectivity index (χ3v) is 4.27. The number of benzene rings is 2. The van der Waals surface area contributed by atoms with E-state index in [1.54, 1.807) is 24.1 Å². The van der Waals surface area contributed by atoms with E-state index in [0.29, 0.717) is 22.1 Å². The SMILES string of the molecule is Cc1cc(Br)ccc1N(C)C(=O)c1cc(Cl)c2c(c1)OCO2. The van der Waals surface area contributed by atoms with E-state index in [-0.39, 0.29) is 12.7 Å². The summed E-state index contributed by atoms with van der Waals surface area (Å²) in [5.41, 5.74) is 2.29. The van der Waals surface area contributed by atoms with Crippen molar-refractivity contribution >= 4 is 39.1 Å². The lowest BCUT2D eigenvalue weighted by atomic mass is 10.1. The molecule has 0 saturated carbocycles. The number of amides is 1. The molecule has 1 amide bonds. The number of hydrogen-bond acceptors (Lipinski definition) is 3. The molecule has 0 aliphatic carbocycles. The fourth-order valence-electron chi connectivity index (χ4n) is 2.39. The van der Waals surface area contributed by atoms with Crippen LogP contribution < -0.4 is 14.4 Å². The molecule has 22 heavy (non-hydrogen) atoms. The van der Waals surface area contributed by atoms with Crippen LogP contribution in [0.5, 0.6) is 11.5 Å². The van der Waals surface area contributed by atoms with Crippen LogP contribution in [0.2, 0.25) is 5.02 Å². The number of anilines is 1. The van der Waals surface area contributed by atoms with Crippen LogP contribution in [0.4, 0.5) is 5.69 Å². The molecule has 0 spiro atoms. The molecule has 6 heteroatoms. The van der Waals surface area contributed by atoms with Crippen molar-refractivity contribution in [3.05, 3.63) is 51.0 Å². The first-order chi connectivity index (χ1) is 10.5. The second-order valence-electron chi connectivity index (χ2n) is 4.99. The molecule has 4 nitrogen and oxygen atoms in total. The summed E-state index contributed by atoms with van der Waals surface area (Å²) in [4.78, 5) is 14.3. The number of fused-ring (bicyclic) bond motifs is 1. The minimum Gasteiger partial charge on any atom is -0.454 e. The van der Waals surface area contributed by atoms with Crippen molar-refractivity contribution in [2.45, 2.75) is 6.92 Å². The predicted octanol–water partition coefficient (Wildman–Crippen LogP) is 4.42. The van der Waals surface area contributed by atoms with Gasteiger partial charge in [0.25, 0.3) is 5.91 Å². The van der Waals surface area contributed by atoms with Crippen LogP contribution >= 0.6 is 27.5 Å². The highest BCUT2D eigenvalue weighted by atomic mass is 79.9. The van der Waals surface area contributed by atoms with Crippen LogP contribution in [0.3, 0.4) is 0 Å². The molecule has 2 aromatic carbocycles. The van der Waals surface area contributed by atoms with Crippen LogP contribution in [-0.4, -0.2) is 19.7 Å². The Labute approximate surface area is 141 Å². The highest BCUT2D eigenvalue weighted by molar-refractivity contribution is 9.10. The van der Waals surface area contributed by atoms with Crippen molar-refractivity contribution in [3.8, 4) is 11.5 Å². The molecule has 1 aliphatic rings. The van der Waals surface area contributed by atoms with E-state index in [2.05, 4.69) is 15.9 Å². The third kappa shape index (κ3) is 2.66. The largest absolute Gasteiger partial charge is 0.454 e. The quantitative estimate of drug-likeness (QED) is 0.772. The van der Waals surface area contributed by atoms with Crippen LogP contribution in [0.1, 0.15) is 15.9 Å². The first-order valence-corrected chi connectivity index (χ1v) is 7.78. The van der Waals surface area contributed by atoms with Crippen LogP contribution in [0.15, 0.2) is 34.8 Å². The molecule has 0 bridgehead atoms. The number of ether oxygens (including phenoxy) is 2. The number of carbonyl (C=O) groups excluding carboxylic acids is 1. The first kappa shape index (κ1) is 15.2. The fraction of sp³-hybridized carbons (Fsp3) is 0.188. The Kier molecular flexibility index (Phi) is 4.02. The number of halogens is 2. The van der Waals surface area contributed by atoms with Crippen molar-refractivity contribution in [1.82, 2.24) is 0 Å². The zero-order chi connectivity index (χ0) is 15.9. The fourth-order valence-corrected chi connectivity index (χ4v) is 3.13. The van der Waals surface area contributed by atoms with E-state index in [0.717, 1.165) is 15.7 Å². The zero-order valence-electron chi connectivity index (χ0n) is 12.0. The maximum Gasteiger partial charge on any atom is 0.258 e. The second-order valence-corrected chi connectivity index (χ2v) is 6.31. The van der Waals surface area contributed by atoms with Crippen molar-refractivity contribution < 1.29 is 14.3 Å². The van der Waals surface area contributed by atoms with Crippen LogP contribution in [-0.2, 0) is 0 Å². The Balaban J connectivity index is 1.95. The van der Waals surface area contributed by atoms with Crippen molar-refractivity contribution in [1.29, 1.82) is 0 Å². The Morgan fingerprint density at radius 3 is 2.77 bits per heavy atom. The maximum absolute atomic E-state index is 12.7. The molecule has 0 radical (unpaired) electrons. The van der Waals surface area contributed by atoms with Gasteiger partial charge in [0.1, 0.15) is 0 Å². The van der Waals surface area contributed by atoms with Crippen LogP contribution in [0, 0.1) is 6.92 Å². The molecule has 114 valence electrons. The predicted molar refractivity (Wildman–Crippen MR) is 89.2 cm³/mol. The lowest BCUT2D eigenvalue weighted by Gasteiger charge is -2.20. The first-order valence-electron chi connectivity index (χ1n) is 6.60. The summed E-state index contributed by atoms with van der Waals surface area (Å²) in [7, 11) is 1.73. The molecule has 0 atom stereocenters. The Morgan fingerprint density at radius 1 is 1.27 bits per heavy atom. The van der Waals surface area contributed by atoms with E-state index in [4.69, 9.17) is 21.1 Å². The number of carbonyl (C=O) groups is 1. The Hall–Kier alpha value is -1.72. The lowest BCUT2D eigenvalue weighted by Crippen LogP contribution is -2.26. The zero-order valence-corrected chi connectivity index (χ0v) is 14.4. The van der Waals surface area contributed by atoms with E-state index >= 15 is 0 Å². The minimum atomic E-state index is -0.161. The average molecular weight is 383 g/mol. The van der Waals surface area contributed by atoms with Gasteiger partial charge in [0.05, 0.1) is 5.02 Å². The summed E-state index contributed by atoms with van der Waals surface area (Å²) >= 11 is 9.56. The molecule has 2 aromatic rings. The van der Waals surface area contributed by atoms with E-state index in [1.807, 2.05) is 25.1 Å². The highest BCUT2D eigenvalue weighted by Crippen LogP contribution is 2.40. The van der Waals surface area contributed by atoms with Crippen LogP contribution in [0.25, 0.3) is 0 Å². The molecule has 3 rings (SSSR count). The van der Waals surface area contributed by atoms with Gasteiger partial charge in [0.2, 0.25) is 6.79 Å². The standard InChI is InChI=1S/C16H13BrClNO3/c1-9-5-11(17)3-4-13(9)19(2)16(20)10-6-12(18)15-14(7-10)21-8-22-15/h3-7H,8H2,1-2H3. The van der Waals surface area contributed by atoms with Gasteiger partial charge in [0, 0.05) is 22.8 Å². The van der Waals surface area contributed by atoms with Gasteiger partial charge in [-0.15, -0.1) is 0 Å². The molecule has 0 unspecified atom stereocenters. The van der Waals surface area contributed by atoms with Gasteiger partial charge in [-0.3, -0.25) is 4.79 Å². The van der Waals surface area contributed by atoms with E-state index in [1.165, 1.54) is 0 Å². The topological polar surface area (TPSA) is 38.8 Å². The molecule has 0 aromatic heterocycles. The number of hydrogen-bond donors (Lipinski definition) is 0. The number of nitrogens with zero attached hydrogens (tertiary/aromatic N) is 1. The molecule has 0 fully saturated rings. The molecule has 1 heterocycles. The molecule has 0 saturated heterocycles. The summed E-state index contributed by atoms with van der Waals surface area (Å²) in [6.07, 6.45) is 0. The Bertz CT molecular complexity index is 763. The van der Waals surface area contributed by atoms with Gasteiger partial charge in [-0.05, 0) is 42.8 Å². The summed E-state index contributed by atoms with van der Waals surface area (Å²) in [5.74, 6) is 0.822. The van der Waals surface area contributed by atoms with Gasteiger partial charge < -0.3 is 14.4 Å². The molecule has 1 aliphatic heterocycles. The monoisotopic (exact) mass is 381 g/mol. The number of aryl methyl sites for hydroxylation is 1. The summed E-state index contributed by atoms with van der Waals surface area (Å²) in [5, 5.41) is 0.374. The van der Waals surface area contributed by atoms with Crippen molar-refractivity contribution in [3.63, 3.8) is 0 Å². The highest BCUT2D eigenvalue weighted by Gasteiger charge is 2.23. The molecular weight excluding hydrogens is 370 g/mol. The summed E-state index contributed by atoms with van der Waals surface area (Å²) < 4.78 is 11.5. The summed E-state index contributed by atoms with van der Waals surface area (Å²) in [6.45, 7) is 2.07. The van der Waals surface area contributed by atoms with Gasteiger partial charge in [-0.25, -0.2) is 0 Å². The maximum atomic E-state index is 12.7. The van der Waals surface area contributed by atoms with Crippen molar-refractivity contribution in [2.24, 2.45) is 0 Å². The summed E-state index contributed by atoms with van der Waals surface area (Å²) in [6, 6.07) is 9.01. The van der Waals surface area contributed by atoms with Gasteiger partial charge >= 0.3 is 0 Å². The van der Waals surface area contributed by atoms with Gasteiger partial charge in [0.15, 0.2) is 11.5 Å². The lowest BCUT2D eigenvalue weighted by molar-refractivity contribution is 0.0992. The van der Waals surface area contributed by atoms with Gasteiger partial charge in [-0.1, -0.05) is 27.5 Å². The van der Waals surface area contributed by atoms with E-state index < -0.39 is 0 Å². The Morgan fingerprint density at radius 2 is 2.05 bits per heavy atom.